The van der Waals surface area contributed by atoms with Crippen molar-refractivity contribution in [1.29, 1.82) is 5.26 Å². The maximum atomic E-state index is 12.3. The molecule has 0 heterocycles. The summed E-state index contributed by atoms with van der Waals surface area (Å²) in [4.78, 5) is 22.7. The quantitative estimate of drug-likeness (QED) is 0.380. The van der Waals surface area contributed by atoms with Crippen LogP contribution in [0.25, 0.3) is 6.08 Å². The number of hydrogen-bond acceptors (Lipinski definition) is 4. The lowest BCUT2D eigenvalue weighted by molar-refractivity contribution is -0.385. The van der Waals surface area contributed by atoms with Gasteiger partial charge in [-0.1, -0.05) is 29.8 Å². The van der Waals surface area contributed by atoms with E-state index in [1.807, 2.05) is 6.92 Å². The summed E-state index contributed by atoms with van der Waals surface area (Å²) in [5.74, 6) is -0.620. The lowest BCUT2D eigenvalue weighted by atomic mass is 10.1. The normalized spacial score (nSPS) is 10.9. The van der Waals surface area contributed by atoms with Crippen LogP contribution in [-0.2, 0) is 4.79 Å². The molecule has 0 saturated heterocycles. The first-order chi connectivity index (χ1) is 11.8. The molecule has 1 N–H and O–H groups in total. The third kappa shape index (κ3) is 4.43. The van der Waals surface area contributed by atoms with Crippen LogP contribution in [0.4, 0.5) is 11.4 Å². The van der Waals surface area contributed by atoms with Crippen LogP contribution < -0.4 is 5.32 Å². The van der Waals surface area contributed by atoms with E-state index in [2.05, 4.69) is 5.32 Å². The van der Waals surface area contributed by atoms with E-state index in [-0.39, 0.29) is 11.3 Å². The number of nitrogens with zero attached hydrogens (tertiary/aromatic N) is 2. The minimum atomic E-state index is -0.620. The molecule has 0 aliphatic carbocycles. The average Bonchev–Trinajstić information content (AvgIpc) is 2.57. The Hall–Kier alpha value is -3.17. The van der Waals surface area contributed by atoms with Gasteiger partial charge in [-0.15, -0.1) is 0 Å². The summed E-state index contributed by atoms with van der Waals surface area (Å²) in [5.41, 5.74) is 1.97. The molecule has 126 valence electrons. The van der Waals surface area contributed by atoms with Gasteiger partial charge in [0.1, 0.15) is 11.6 Å². The number of amides is 1. The number of nitro benzene ring substituents is 1. The Morgan fingerprint density at radius 3 is 2.52 bits per heavy atom. The van der Waals surface area contributed by atoms with Gasteiger partial charge in [0, 0.05) is 22.3 Å². The number of rotatable bonds is 4. The van der Waals surface area contributed by atoms with E-state index in [1.165, 1.54) is 12.1 Å². The predicted octanol–water partition coefficient (Wildman–Crippen LogP) is 4.41. The van der Waals surface area contributed by atoms with Gasteiger partial charge in [0.05, 0.1) is 4.92 Å². The zero-order chi connectivity index (χ0) is 18.6. The zero-order valence-corrected chi connectivity index (χ0v) is 14.3. The van der Waals surface area contributed by atoms with Gasteiger partial charge >= 0.3 is 0 Å². The highest BCUT2D eigenvalue weighted by Crippen LogP contribution is 2.22. The Labute approximate surface area is 149 Å². The number of aryl methyl sites for hydroxylation is 2. The Morgan fingerprint density at radius 1 is 1.24 bits per heavy atom. The van der Waals surface area contributed by atoms with E-state index in [1.54, 1.807) is 43.3 Å². The van der Waals surface area contributed by atoms with Crippen molar-refractivity contribution < 1.29 is 9.72 Å². The summed E-state index contributed by atoms with van der Waals surface area (Å²) >= 11 is 6.01. The van der Waals surface area contributed by atoms with E-state index in [9.17, 15) is 20.2 Å². The van der Waals surface area contributed by atoms with Crippen molar-refractivity contribution in [2.24, 2.45) is 0 Å². The number of anilines is 1. The number of nitrogens with one attached hydrogen (secondary N) is 1. The maximum absolute atomic E-state index is 12.3. The molecule has 2 aromatic carbocycles. The maximum Gasteiger partial charge on any atom is 0.272 e. The van der Waals surface area contributed by atoms with Crippen molar-refractivity contribution in [2.75, 3.05) is 5.32 Å². The number of halogens is 1. The second kappa shape index (κ2) is 7.60. The first-order valence-corrected chi connectivity index (χ1v) is 7.64. The molecule has 1 amide bonds. The second-order valence-electron chi connectivity index (χ2n) is 5.39. The second-order valence-corrected chi connectivity index (χ2v) is 5.80. The van der Waals surface area contributed by atoms with Crippen molar-refractivity contribution in [3.05, 3.63) is 73.8 Å². The van der Waals surface area contributed by atoms with Crippen LogP contribution in [0.2, 0.25) is 5.02 Å². The van der Waals surface area contributed by atoms with E-state index < -0.39 is 10.8 Å². The highest BCUT2D eigenvalue weighted by Gasteiger charge is 2.13. The third-order valence-electron chi connectivity index (χ3n) is 3.54. The summed E-state index contributed by atoms with van der Waals surface area (Å²) in [5, 5.41) is 23.3. The molecular formula is C18H14ClN3O3. The molecule has 0 unspecified atom stereocenters. The van der Waals surface area contributed by atoms with E-state index >= 15 is 0 Å². The number of benzene rings is 2. The Kier molecular flexibility index (Phi) is 5.52. The molecule has 7 heteroatoms. The van der Waals surface area contributed by atoms with Crippen molar-refractivity contribution in [3.8, 4) is 6.07 Å². The molecule has 0 aliphatic heterocycles. The summed E-state index contributed by atoms with van der Waals surface area (Å²) in [6.07, 6.45) is 1.30. The number of hydrogen-bond donors (Lipinski definition) is 1. The molecule has 0 aliphatic rings. The Bertz CT molecular complexity index is 930. The summed E-state index contributed by atoms with van der Waals surface area (Å²) < 4.78 is 0. The molecule has 6 nitrogen and oxygen atoms in total. The smallest absolute Gasteiger partial charge is 0.272 e. The number of nitriles is 1. The van der Waals surface area contributed by atoms with Crippen LogP contribution >= 0.6 is 11.6 Å². The van der Waals surface area contributed by atoms with Crippen LogP contribution in [-0.4, -0.2) is 10.8 Å². The van der Waals surface area contributed by atoms with Crippen molar-refractivity contribution in [3.63, 3.8) is 0 Å². The zero-order valence-electron chi connectivity index (χ0n) is 13.5. The van der Waals surface area contributed by atoms with Gasteiger partial charge in [0.25, 0.3) is 11.6 Å². The molecule has 0 spiro atoms. The molecule has 0 atom stereocenters. The van der Waals surface area contributed by atoms with Crippen LogP contribution in [0.3, 0.4) is 0 Å². The van der Waals surface area contributed by atoms with Crippen molar-refractivity contribution >= 4 is 35.0 Å². The fourth-order valence-electron chi connectivity index (χ4n) is 2.10. The average molecular weight is 356 g/mol. The summed E-state index contributed by atoms with van der Waals surface area (Å²) in [6.45, 7) is 3.45. The monoisotopic (exact) mass is 355 g/mol. The molecule has 0 fully saturated rings. The fourth-order valence-corrected chi connectivity index (χ4v) is 2.28. The summed E-state index contributed by atoms with van der Waals surface area (Å²) in [6, 6.07) is 11.3. The van der Waals surface area contributed by atoms with E-state index in [0.717, 1.165) is 5.56 Å². The minimum Gasteiger partial charge on any atom is -0.321 e. The molecule has 0 bridgehead atoms. The van der Waals surface area contributed by atoms with E-state index in [0.29, 0.717) is 21.8 Å². The largest absolute Gasteiger partial charge is 0.321 e. The van der Waals surface area contributed by atoms with Gasteiger partial charge in [-0.05, 0) is 43.2 Å². The molecule has 25 heavy (non-hydrogen) atoms. The van der Waals surface area contributed by atoms with Crippen LogP contribution in [0.15, 0.2) is 42.0 Å². The number of nitro groups is 1. The molecule has 2 aromatic rings. The summed E-state index contributed by atoms with van der Waals surface area (Å²) in [7, 11) is 0. The van der Waals surface area contributed by atoms with Crippen LogP contribution in [0, 0.1) is 35.3 Å². The Balaban J connectivity index is 2.29. The van der Waals surface area contributed by atoms with Crippen LogP contribution in [0.1, 0.15) is 16.7 Å². The topological polar surface area (TPSA) is 96.0 Å². The van der Waals surface area contributed by atoms with E-state index in [4.69, 9.17) is 11.6 Å². The molecule has 0 aromatic heterocycles. The van der Waals surface area contributed by atoms with Crippen molar-refractivity contribution in [2.45, 2.75) is 13.8 Å². The molecular weight excluding hydrogens is 342 g/mol. The molecule has 0 saturated carbocycles. The lowest BCUT2D eigenvalue weighted by Gasteiger charge is -2.06. The van der Waals surface area contributed by atoms with Crippen molar-refractivity contribution in [1.82, 2.24) is 0 Å². The minimum absolute atomic E-state index is 0.0724. The molecule has 2 rings (SSSR count). The highest BCUT2D eigenvalue weighted by molar-refractivity contribution is 6.31. The molecule has 0 radical (unpaired) electrons. The predicted molar refractivity (Wildman–Crippen MR) is 96.2 cm³/mol. The fraction of sp³-hybridized carbons (Fsp3) is 0.111. The highest BCUT2D eigenvalue weighted by atomic mass is 35.5. The van der Waals surface area contributed by atoms with Gasteiger partial charge in [-0.2, -0.15) is 5.26 Å². The third-order valence-corrected chi connectivity index (χ3v) is 3.94. The standard InChI is InChI=1S/C18H14ClN3O3/c1-11-4-6-15(9-16(11)19)21-18(23)14(10-20)7-13-5-3-12(2)17(8-13)22(24)25/h3-9H,1-2H3,(H,21,23)/b14-7+. The van der Waals surface area contributed by atoms with Gasteiger partial charge in [-0.3, -0.25) is 14.9 Å². The van der Waals surface area contributed by atoms with Gasteiger partial charge in [0.15, 0.2) is 0 Å². The number of carbonyl (C=O) groups is 1. The van der Waals surface area contributed by atoms with Gasteiger partial charge < -0.3 is 5.32 Å². The van der Waals surface area contributed by atoms with Crippen LogP contribution in [0.5, 0.6) is 0 Å². The van der Waals surface area contributed by atoms with Gasteiger partial charge in [0.2, 0.25) is 0 Å². The number of carbonyl (C=O) groups excluding carboxylic acids is 1. The Morgan fingerprint density at radius 2 is 1.92 bits per heavy atom. The van der Waals surface area contributed by atoms with Gasteiger partial charge in [-0.25, -0.2) is 0 Å². The first-order valence-electron chi connectivity index (χ1n) is 7.26. The SMILES string of the molecule is Cc1ccc(NC(=O)/C(C#N)=C/c2ccc(C)c([N+](=O)[O-])c2)cc1Cl. The lowest BCUT2D eigenvalue weighted by Crippen LogP contribution is -2.13. The first kappa shape index (κ1) is 18.2.